The lowest BCUT2D eigenvalue weighted by Gasteiger charge is -2.32. The summed E-state index contributed by atoms with van der Waals surface area (Å²) in [5.74, 6) is 0.160. The first kappa shape index (κ1) is 15.1. The Morgan fingerprint density at radius 3 is 1.94 bits per heavy atom. The van der Waals surface area contributed by atoms with Crippen molar-refractivity contribution < 1.29 is 9.59 Å². The minimum atomic E-state index is -0.496. The highest BCUT2D eigenvalue weighted by atomic mass is 16.2. The van der Waals surface area contributed by atoms with Gasteiger partial charge in [-0.15, -0.1) is 0 Å². The molecule has 0 saturated heterocycles. The quantitative estimate of drug-likeness (QED) is 0.758. The molecular formula is C13H25NO2. The van der Waals surface area contributed by atoms with Crippen LogP contribution < -0.4 is 5.32 Å². The summed E-state index contributed by atoms with van der Waals surface area (Å²) in [7, 11) is 0. The smallest absolute Gasteiger partial charge is 0.225 e. The van der Waals surface area contributed by atoms with E-state index < -0.39 is 10.8 Å². The number of rotatable bonds is 6. The molecule has 1 amide bonds. The molecular weight excluding hydrogens is 202 g/mol. The van der Waals surface area contributed by atoms with Gasteiger partial charge in [-0.05, 0) is 19.8 Å². The van der Waals surface area contributed by atoms with Crippen molar-refractivity contribution in [2.24, 2.45) is 10.8 Å². The highest BCUT2D eigenvalue weighted by Gasteiger charge is 2.36. The molecule has 0 aliphatic carbocycles. The first-order valence-electron chi connectivity index (χ1n) is 5.93. The van der Waals surface area contributed by atoms with Gasteiger partial charge in [0.2, 0.25) is 5.91 Å². The van der Waals surface area contributed by atoms with Crippen LogP contribution in [0, 0.1) is 10.8 Å². The number of hydrogen-bond donors (Lipinski definition) is 1. The van der Waals surface area contributed by atoms with Gasteiger partial charge < -0.3 is 5.32 Å². The van der Waals surface area contributed by atoms with Gasteiger partial charge in [0.25, 0.3) is 0 Å². The Balaban J connectivity index is 4.55. The molecule has 0 aromatic rings. The minimum Gasteiger partial charge on any atom is -0.356 e. The number of Topliss-reactive ketones (excluding diaryl/α,β-unsaturated/α-hetero) is 1. The van der Waals surface area contributed by atoms with Gasteiger partial charge in [0, 0.05) is 17.4 Å². The maximum absolute atomic E-state index is 11.9. The van der Waals surface area contributed by atoms with Gasteiger partial charge in [-0.3, -0.25) is 9.59 Å². The number of ketones is 1. The van der Waals surface area contributed by atoms with Gasteiger partial charge in [-0.1, -0.05) is 34.6 Å². The molecule has 0 fully saturated rings. The van der Waals surface area contributed by atoms with Crippen molar-refractivity contribution >= 4 is 11.7 Å². The van der Waals surface area contributed by atoms with Crippen LogP contribution >= 0.6 is 0 Å². The third-order valence-electron chi connectivity index (χ3n) is 2.99. The average Bonchev–Trinajstić information content (AvgIpc) is 2.12. The van der Waals surface area contributed by atoms with Crippen LogP contribution in [-0.2, 0) is 9.59 Å². The van der Waals surface area contributed by atoms with Gasteiger partial charge in [-0.2, -0.15) is 0 Å². The summed E-state index contributed by atoms with van der Waals surface area (Å²) in [6.45, 7) is 11.9. The van der Waals surface area contributed by atoms with Crippen molar-refractivity contribution in [3.05, 3.63) is 0 Å². The molecule has 0 atom stereocenters. The third-order valence-corrected chi connectivity index (χ3v) is 2.99. The molecule has 16 heavy (non-hydrogen) atoms. The second-order valence-corrected chi connectivity index (χ2v) is 5.76. The summed E-state index contributed by atoms with van der Waals surface area (Å²) in [4.78, 5) is 23.3. The van der Waals surface area contributed by atoms with Crippen LogP contribution in [0.4, 0.5) is 0 Å². The van der Waals surface area contributed by atoms with Crippen LogP contribution in [0.3, 0.4) is 0 Å². The molecule has 0 bridgehead atoms. The number of hydrogen-bond acceptors (Lipinski definition) is 2. The van der Waals surface area contributed by atoms with Crippen LogP contribution in [0.5, 0.6) is 0 Å². The lowest BCUT2D eigenvalue weighted by molar-refractivity contribution is -0.133. The molecule has 0 aliphatic rings. The molecule has 0 aromatic carbocycles. The lowest BCUT2D eigenvalue weighted by Crippen LogP contribution is -2.41. The van der Waals surface area contributed by atoms with Gasteiger partial charge in [-0.25, -0.2) is 0 Å². The Hall–Kier alpha value is -0.860. The largest absolute Gasteiger partial charge is 0.356 e. The van der Waals surface area contributed by atoms with Crippen molar-refractivity contribution in [1.29, 1.82) is 0 Å². The maximum atomic E-state index is 11.9. The van der Waals surface area contributed by atoms with E-state index in [2.05, 4.69) is 5.32 Å². The summed E-state index contributed by atoms with van der Waals surface area (Å²) in [6.07, 6.45) is 1.50. The van der Waals surface area contributed by atoms with Crippen LogP contribution in [0.1, 0.15) is 54.4 Å². The van der Waals surface area contributed by atoms with Gasteiger partial charge >= 0.3 is 0 Å². The summed E-state index contributed by atoms with van der Waals surface area (Å²) < 4.78 is 0. The van der Waals surface area contributed by atoms with E-state index in [4.69, 9.17) is 0 Å². The monoisotopic (exact) mass is 227 g/mol. The Morgan fingerprint density at radius 1 is 1.06 bits per heavy atom. The number of carbonyl (C=O) groups is 2. The highest BCUT2D eigenvalue weighted by molar-refractivity contribution is 5.85. The molecule has 0 aromatic heterocycles. The molecule has 0 spiro atoms. The van der Waals surface area contributed by atoms with Crippen LogP contribution in [0.25, 0.3) is 0 Å². The van der Waals surface area contributed by atoms with Gasteiger partial charge in [0.1, 0.15) is 5.78 Å². The summed E-state index contributed by atoms with van der Waals surface area (Å²) in [5.41, 5.74) is -0.933. The predicted octanol–water partition coefficient (Wildman–Crippen LogP) is 2.54. The predicted molar refractivity (Wildman–Crippen MR) is 66.2 cm³/mol. The van der Waals surface area contributed by atoms with Crippen molar-refractivity contribution in [2.45, 2.75) is 54.4 Å². The second-order valence-electron chi connectivity index (χ2n) is 5.76. The van der Waals surface area contributed by atoms with Gasteiger partial charge in [0.05, 0.1) is 0 Å². The molecule has 94 valence electrons. The molecule has 3 heteroatoms. The van der Waals surface area contributed by atoms with Crippen LogP contribution in [0.15, 0.2) is 0 Å². The van der Waals surface area contributed by atoms with Crippen molar-refractivity contribution in [3.8, 4) is 0 Å². The Bertz CT molecular complexity index is 267. The van der Waals surface area contributed by atoms with E-state index in [9.17, 15) is 9.59 Å². The van der Waals surface area contributed by atoms with E-state index in [0.717, 1.165) is 6.42 Å². The standard InChI is InChI=1S/C13H25NO2/c1-7-8-14-11(16)13(5,6)9-12(3,4)10(2)15/h7-9H2,1-6H3,(H,14,16). The highest BCUT2D eigenvalue weighted by Crippen LogP contribution is 2.34. The summed E-state index contributed by atoms with van der Waals surface area (Å²) >= 11 is 0. The van der Waals surface area contributed by atoms with Crippen LogP contribution in [-0.4, -0.2) is 18.2 Å². The Morgan fingerprint density at radius 2 is 1.56 bits per heavy atom. The van der Waals surface area contributed by atoms with E-state index in [1.54, 1.807) is 6.92 Å². The van der Waals surface area contributed by atoms with Crippen molar-refractivity contribution in [1.82, 2.24) is 5.32 Å². The fraction of sp³-hybridized carbons (Fsp3) is 0.846. The second kappa shape index (κ2) is 5.46. The maximum Gasteiger partial charge on any atom is 0.225 e. The first-order valence-corrected chi connectivity index (χ1v) is 5.93. The fourth-order valence-electron chi connectivity index (χ4n) is 1.79. The van der Waals surface area contributed by atoms with Crippen molar-refractivity contribution in [2.75, 3.05) is 6.54 Å². The molecule has 0 unspecified atom stereocenters. The average molecular weight is 227 g/mol. The number of nitrogens with one attached hydrogen (secondary N) is 1. The SMILES string of the molecule is CCCNC(=O)C(C)(C)CC(C)(C)C(C)=O. The lowest BCUT2D eigenvalue weighted by atomic mass is 9.72. The first-order chi connectivity index (χ1) is 7.13. The minimum absolute atomic E-state index is 0.0312. The molecule has 0 aliphatic heterocycles. The molecule has 0 heterocycles. The molecule has 0 radical (unpaired) electrons. The molecule has 0 rings (SSSR count). The van der Waals surface area contributed by atoms with E-state index in [1.165, 1.54) is 0 Å². The normalized spacial score (nSPS) is 12.4. The van der Waals surface area contributed by atoms with E-state index in [1.807, 2.05) is 34.6 Å². The summed E-state index contributed by atoms with van der Waals surface area (Å²) in [5, 5.41) is 2.88. The van der Waals surface area contributed by atoms with Gasteiger partial charge in [0.15, 0.2) is 0 Å². The number of carbonyl (C=O) groups excluding carboxylic acids is 2. The topological polar surface area (TPSA) is 46.2 Å². The zero-order valence-corrected chi connectivity index (χ0v) is 11.4. The van der Waals surface area contributed by atoms with Crippen LogP contribution in [0.2, 0.25) is 0 Å². The number of amides is 1. The zero-order chi connectivity index (χ0) is 13.0. The Kier molecular flexibility index (Phi) is 5.17. The van der Waals surface area contributed by atoms with E-state index in [0.29, 0.717) is 13.0 Å². The fourth-order valence-corrected chi connectivity index (χ4v) is 1.79. The molecule has 0 saturated carbocycles. The zero-order valence-electron chi connectivity index (χ0n) is 11.4. The summed E-state index contributed by atoms with van der Waals surface area (Å²) in [6, 6.07) is 0. The Labute approximate surface area is 99.0 Å². The van der Waals surface area contributed by atoms with E-state index >= 15 is 0 Å². The third kappa shape index (κ3) is 4.33. The molecule has 1 N–H and O–H groups in total. The van der Waals surface area contributed by atoms with Crippen molar-refractivity contribution in [3.63, 3.8) is 0 Å². The van der Waals surface area contributed by atoms with E-state index in [-0.39, 0.29) is 11.7 Å². The molecule has 3 nitrogen and oxygen atoms in total.